The van der Waals surface area contributed by atoms with Gasteiger partial charge < -0.3 is 18.9 Å². The Bertz CT molecular complexity index is 1060. The summed E-state index contributed by atoms with van der Waals surface area (Å²) in [7, 11) is 0. The molecule has 5 rings (SSSR count). The van der Waals surface area contributed by atoms with Crippen LogP contribution in [0.25, 0.3) is 11.3 Å². The minimum atomic E-state index is 0.199. The molecule has 2 aliphatic heterocycles. The molecule has 9 nitrogen and oxygen atoms in total. The van der Waals surface area contributed by atoms with Gasteiger partial charge in [0.15, 0.2) is 5.76 Å². The van der Waals surface area contributed by atoms with E-state index in [0.717, 1.165) is 61.9 Å². The Morgan fingerprint density at radius 2 is 1.97 bits per heavy atom. The molecule has 0 N–H and O–H groups in total. The van der Waals surface area contributed by atoms with Crippen molar-refractivity contribution < 1.29 is 9.32 Å². The lowest BCUT2D eigenvalue weighted by Gasteiger charge is -2.33. The lowest BCUT2D eigenvalue weighted by molar-refractivity contribution is -0.132. The topological polar surface area (TPSA) is 93.2 Å². The standard InChI is InChI=1S/C24H31N7O2/c1-18-15-21(33-28-18)20-16-26-24(31-9-3-2-4-10-31)27-23(20)19-5-12-30(13-6-19)22(32)7-11-29-14-8-25-17-29/h8,14-17,19H,2-7,9-13H2,1H3. The number of amides is 1. The first kappa shape index (κ1) is 21.6. The van der Waals surface area contributed by atoms with Gasteiger partial charge in [0.1, 0.15) is 0 Å². The largest absolute Gasteiger partial charge is 0.356 e. The molecule has 2 aliphatic rings. The second-order valence-electron chi connectivity index (χ2n) is 9.05. The van der Waals surface area contributed by atoms with Crippen molar-refractivity contribution >= 4 is 11.9 Å². The number of hydrogen-bond donors (Lipinski definition) is 0. The number of rotatable bonds is 6. The SMILES string of the molecule is Cc1cc(-c2cnc(N3CCCCC3)nc2C2CCN(C(=O)CCn3ccnc3)CC2)on1. The number of aromatic nitrogens is 5. The molecule has 2 saturated heterocycles. The number of carbonyl (C=O) groups is 1. The molecular weight excluding hydrogens is 418 g/mol. The van der Waals surface area contributed by atoms with Crippen molar-refractivity contribution in [1.29, 1.82) is 0 Å². The van der Waals surface area contributed by atoms with Crippen LogP contribution in [0.15, 0.2) is 35.5 Å². The van der Waals surface area contributed by atoms with E-state index in [4.69, 9.17) is 14.5 Å². The molecule has 0 aliphatic carbocycles. The van der Waals surface area contributed by atoms with E-state index in [2.05, 4.69) is 15.0 Å². The van der Waals surface area contributed by atoms with Gasteiger partial charge in [-0.2, -0.15) is 0 Å². The Labute approximate surface area is 193 Å². The van der Waals surface area contributed by atoms with Crippen LogP contribution in [-0.2, 0) is 11.3 Å². The molecule has 2 fully saturated rings. The number of imidazole rings is 1. The van der Waals surface area contributed by atoms with Crippen molar-refractivity contribution in [2.24, 2.45) is 0 Å². The van der Waals surface area contributed by atoms with Crippen LogP contribution in [0.5, 0.6) is 0 Å². The maximum absolute atomic E-state index is 12.7. The molecular formula is C24H31N7O2. The summed E-state index contributed by atoms with van der Waals surface area (Å²) in [5.41, 5.74) is 2.78. The molecule has 33 heavy (non-hydrogen) atoms. The van der Waals surface area contributed by atoms with Gasteiger partial charge in [0.05, 0.1) is 23.3 Å². The number of aryl methyl sites for hydroxylation is 2. The fourth-order valence-corrected chi connectivity index (χ4v) is 4.83. The van der Waals surface area contributed by atoms with Crippen molar-refractivity contribution in [3.63, 3.8) is 0 Å². The summed E-state index contributed by atoms with van der Waals surface area (Å²) < 4.78 is 7.52. The van der Waals surface area contributed by atoms with Crippen molar-refractivity contribution in [3.8, 4) is 11.3 Å². The number of anilines is 1. The van der Waals surface area contributed by atoms with E-state index in [9.17, 15) is 4.79 Å². The average molecular weight is 450 g/mol. The molecule has 0 unspecified atom stereocenters. The van der Waals surface area contributed by atoms with Gasteiger partial charge in [0.2, 0.25) is 11.9 Å². The Morgan fingerprint density at radius 1 is 1.15 bits per heavy atom. The maximum atomic E-state index is 12.7. The van der Waals surface area contributed by atoms with Crippen LogP contribution in [0.2, 0.25) is 0 Å². The fraction of sp³-hybridized carbons (Fsp3) is 0.542. The highest BCUT2D eigenvalue weighted by molar-refractivity contribution is 5.76. The second-order valence-corrected chi connectivity index (χ2v) is 9.05. The molecule has 3 aromatic heterocycles. The predicted molar refractivity (Wildman–Crippen MR) is 124 cm³/mol. The first-order valence-electron chi connectivity index (χ1n) is 12.0. The van der Waals surface area contributed by atoms with Gasteiger partial charge in [-0.15, -0.1) is 0 Å². The monoisotopic (exact) mass is 449 g/mol. The van der Waals surface area contributed by atoms with Gasteiger partial charge in [-0.3, -0.25) is 4.79 Å². The van der Waals surface area contributed by atoms with Gasteiger partial charge in [0.25, 0.3) is 0 Å². The summed E-state index contributed by atoms with van der Waals surface area (Å²) >= 11 is 0. The number of nitrogens with zero attached hydrogens (tertiary/aromatic N) is 7. The first-order chi connectivity index (χ1) is 16.2. The van der Waals surface area contributed by atoms with Crippen molar-refractivity contribution in [2.75, 3.05) is 31.1 Å². The Hall–Kier alpha value is -3.23. The Balaban J connectivity index is 1.31. The molecule has 9 heteroatoms. The van der Waals surface area contributed by atoms with E-state index in [1.54, 1.807) is 12.5 Å². The third-order valence-electron chi connectivity index (χ3n) is 6.72. The molecule has 0 spiro atoms. The molecule has 174 valence electrons. The molecule has 0 bridgehead atoms. The molecule has 0 radical (unpaired) electrons. The lowest BCUT2D eigenvalue weighted by atomic mass is 9.90. The smallest absolute Gasteiger partial charge is 0.225 e. The number of carbonyl (C=O) groups excluding carboxylic acids is 1. The zero-order valence-electron chi connectivity index (χ0n) is 19.2. The maximum Gasteiger partial charge on any atom is 0.225 e. The van der Waals surface area contributed by atoms with Crippen LogP contribution >= 0.6 is 0 Å². The van der Waals surface area contributed by atoms with Crippen LogP contribution in [0.3, 0.4) is 0 Å². The third kappa shape index (κ3) is 4.91. The van der Waals surface area contributed by atoms with E-state index >= 15 is 0 Å². The lowest BCUT2D eigenvalue weighted by Crippen LogP contribution is -2.38. The minimum absolute atomic E-state index is 0.199. The molecule has 1 amide bonds. The van der Waals surface area contributed by atoms with E-state index in [0.29, 0.717) is 18.7 Å². The first-order valence-corrected chi connectivity index (χ1v) is 12.0. The molecule has 3 aromatic rings. The summed E-state index contributed by atoms with van der Waals surface area (Å²) in [4.78, 5) is 30.8. The van der Waals surface area contributed by atoms with E-state index < -0.39 is 0 Å². The second kappa shape index (κ2) is 9.72. The van der Waals surface area contributed by atoms with Crippen LogP contribution in [-0.4, -0.2) is 61.7 Å². The number of piperidine rings is 2. The van der Waals surface area contributed by atoms with Crippen molar-refractivity contribution in [3.05, 3.63) is 42.4 Å². The molecule has 5 heterocycles. The van der Waals surface area contributed by atoms with Gasteiger partial charge in [-0.25, -0.2) is 15.0 Å². The molecule has 0 saturated carbocycles. The number of likely N-dealkylation sites (tertiary alicyclic amines) is 1. The van der Waals surface area contributed by atoms with Gasteiger partial charge >= 0.3 is 0 Å². The van der Waals surface area contributed by atoms with Crippen molar-refractivity contribution in [1.82, 2.24) is 29.6 Å². The quantitative estimate of drug-likeness (QED) is 0.569. The molecule has 0 atom stereocenters. The van der Waals surface area contributed by atoms with Gasteiger partial charge in [-0.05, 0) is 39.0 Å². The summed E-state index contributed by atoms with van der Waals surface area (Å²) in [6.45, 7) is 6.08. The summed E-state index contributed by atoms with van der Waals surface area (Å²) in [6.07, 6.45) is 13.2. The average Bonchev–Trinajstić information content (AvgIpc) is 3.55. The van der Waals surface area contributed by atoms with Gasteiger partial charge in [-0.1, -0.05) is 5.16 Å². The number of hydrogen-bond acceptors (Lipinski definition) is 7. The van der Waals surface area contributed by atoms with Gasteiger partial charge in [0, 0.05) is 69.7 Å². The van der Waals surface area contributed by atoms with Crippen LogP contribution in [0, 0.1) is 6.92 Å². The van der Waals surface area contributed by atoms with E-state index in [-0.39, 0.29) is 11.8 Å². The predicted octanol–water partition coefficient (Wildman–Crippen LogP) is 3.42. The molecule has 0 aromatic carbocycles. The van der Waals surface area contributed by atoms with E-state index in [1.165, 1.54) is 19.3 Å². The Morgan fingerprint density at radius 3 is 2.67 bits per heavy atom. The normalized spacial score (nSPS) is 17.5. The van der Waals surface area contributed by atoms with Crippen LogP contribution < -0.4 is 4.90 Å². The van der Waals surface area contributed by atoms with E-state index in [1.807, 2.05) is 34.9 Å². The highest BCUT2D eigenvalue weighted by Crippen LogP contribution is 2.35. The highest BCUT2D eigenvalue weighted by Gasteiger charge is 2.29. The zero-order valence-corrected chi connectivity index (χ0v) is 19.2. The van der Waals surface area contributed by atoms with Crippen LogP contribution in [0.4, 0.5) is 5.95 Å². The highest BCUT2D eigenvalue weighted by atomic mass is 16.5. The Kier molecular flexibility index (Phi) is 6.37. The van der Waals surface area contributed by atoms with Crippen LogP contribution in [0.1, 0.15) is 55.8 Å². The third-order valence-corrected chi connectivity index (χ3v) is 6.72. The fourth-order valence-electron chi connectivity index (χ4n) is 4.83. The minimum Gasteiger partial charge on any atom is -0.356 e. The van der Waals surface area contributed by atoms with Crippen molar-refractivity contribution in [2.45, 2.75) is 57.9 Å². The summed E-state index contributed by atoms with van der Waals surface area (Å²) in [5, 5.41) is 4.07. The summed E-state index contributed by atoms with van der Waals surface area (Å²) in [6, 6.07) is 1.94. The summed E-state index contributed by atoms with van der Waals surface area (Å²) in [5.74, 6) is 1.98. The zero-order chi connectivity index (χ0) is 22.6.